The minimum atomic E-state index is 0. The first-order valence-electron chi connectivity index (χ1n) is 7.30. The Hall–Kier alpha value is -0.196. The maximum Gasteiger partial charge on any atom is 0 e. The van der Waals surface area contributed by atoms with E-state index >= 15 is 0 Å². The van der Waals surface area contributed by atoms with E-state index in [0.717, 1.165) is 0 Å². The van der Waals surface area contributed by atoms with Crippen molar-refractivity contribution in [2.45, 2.75) is 6.92 Å². The van der Waals surface area contributed by atoms with E-state index in [2.05, 4.69) is 93.0 Å². The fourth-order valence-corrected chi connectivity index (χ4v) is 3.49. The summed E-state index contributed by atoms with van der Waals surface area (Å²) in [5.41, 5.74) is 1.40. The Morgan fingerprint density at radius 1 is 0.840 bits per heavy atom. The minimum Gasteiger partial charge on any atom is -1.00 e. The summed E-state index contributed by atoms with van der Waals surface area (Å²) in [6.45, 7) is 6.88. The van der Waals surface area contributed by atoms with E-state index in [1.165, 1.54) is 28.4 Å². The molecule has 0 aliphatic rings. The first-order valence-corrected chi connectivity index (χ1v) is 9.72. The first-order chi connectivity index (χ1) is 10.2. The Bertz CT molecular complexity index is 626. The summed E-state index contributed by atoms with van der Waals surface area (Å²) in [7, 11) is 0.199. The van der Waals surface area contributed by atoms with Crippen molar-refractivity contribution in [2.75, 3.05) is 19.5 Å². The third kappa shape index (κ3) is 10.5. The zero-order valence-corrected chi connectivity index (χ0v) is 19.2. The van der Waals surface area contributed by atoms with E-state index in [1.807, 2.05) is 0 Å². The van der Waals surface area contributed by atoms with E-state index in [1.54, 1.807) is 0 Å². The average molecular weight is 452 g/mol. The van der Waals surface area contributed by atoms with Crippen molar-refractivity contribution in [3.05, 3.63) is 84.3 Å². The fourth-order valence-electron chi connectivity index (χ4n) is 2.36. The standard InChI is InChI=1S/C11H16P.C9H7.3ClH.V/c1-10(9-12(2)3)11-7-5-4-6-8-11;1-2-5-9-7-3-6-8(9)4-1;;;;/h4-8H,9H2,1-3H3;1-7H;3*1H;/q2*-1;;;;/p-3. The molecule has 139 valence electrons. The Balaban J connectivity index is -0.000000341. The number of halogens is 3. The van der Waals surface area contributed by atoms with E-state index in [4.69, 9.17) is 0 Å². The molecule has 0 saturated carbocycles. The number of hydrogen-bond acceptors (Lipinski definition) is 0. The van der Waals surface area contributed by atoms with Gasteiger partial charge in [0.05, 0.1) is 0 Å². The summed E-state index contributed by atoms with van der Waals surface area (Å²) in [6.07, 6.45) is 1.26. The van der Waals surface area contributed by atoms with Crippen LogP contribution in [-0.4, -0.2) is 19.5 Å². The van der Waals surface area contributed by atoms with Crippen LogP contribution in [0.5, 0.6) is 0 Å². The predicted octanol–water partition coefficient (Wildman–Crippen LogP) is -3.06. The van der Waals surface area contributed by atoms with Crippen molar-refractivity contribution in [1.29, 1.82) is 0 Å². The number of fused-ring (bicyclic) bond motifs is 1. The van der Waals surface area contributed by atoms with E-state index in [-0.39, 0.29) is 63.7 Å². The van der Waals surface area contributed by atoms with E-state index in [9.17, 15) is 0 Å². The molecule has 0 spiro atoms. The van der Waals surface area contributed by atoms with Gasteiger partial charge in [0, 0.05) is 18.6 Å². The van der Waals surface area contributed by atoms with Crippen LogP contribution in [0.4, 0.5) is 0 Å². The van der Waals surface area contributed by atoms with Crippen LogP contribution in [0.15, 0.2) is 72.8 Å². The maximum atomic E-state index is 2.32. The van der Waals surface area contributed by atoms with Crippen molar-refractivity contribution in [3.8, 4) is 0 Å². The van der Waals surface area contributed by atoms with Crippen LogP contribution in [0, 0.1) is 5.92 Å². The van der Waals surface area contributed by atoms with Crippen LogP contribution in [0.2, 0.25) is 0 Å². The van der Waals surface area contributed by atoms with Gasteiger partial charge in [-0.15, -0.1) is 49.7 Å². The van der Waals surface area contributed by atoms with Gasteiger partial charge in [-0.2, -0.15) is 41.1 Å². The van der Waals surface area contributed by atoms with Crippen LogP contribution in [-0.2, 0) is 18.6 Å². The van der Waals surface area contributed by atoms with Crippen molar-refractivity contribution in [1.82, 2.24) is 0 Å². The van der Waals surface area contributed by atoms with Gasteiger partial charge in [0.25, 0.3) is 0 Å². The first kappa shape index (κ1) is 29.6. The van der Waals surface area contributed by atoms with Crippen LogP contribution < -0.4 is 37.2 Å². The molecule has 0 atom stereocenters. The monoisotopic (exact) mass is 450 g/mol. The van der Waals surface area contributed by atoms with Gasteiger partial charge >= 0.3 is 0 Å². The smallest absolute Gasteiger partial charge is 0 e. The molecule has 0 aromatic heterocycles. The van der Waals surface area contributed by atoms with Crippen molar-refractivity contribution >= 4 is 18.7 Å². The molecule has 5 heteroatoms. The molecule has 0 nitrogen and oxygen atoms in total. The third-order valence-corrected chi connectivity index (χ3v) is 4.47. The van der Waals surface area contributed by atoms with Crippen LogP contribution in [0.25, 0.3) is 10.8 Å². The summed E-state index contributed by atoms with van der Waals surface area (Å²) in [4.78, 5) is 0. The van der Waals surface area contributed by atoms with Gasteiger partial charge in [-0.1, -0.05) is 25.2 Å². The molecule has 0 N–H and O–H groups in total. The largest absolute Gasteiger partial charge is 1.00 e. The van der Waals surface area contributed by atoms with Crippen LogP contribution in [0.1, 0.15) is 12.5 Å². The molecule has 0 aliphatic heterocycles. The zero-order chi connectivity index (χ0) is 15.1. The van der Waals surface area contributed by atoms with Gasteiger partial charge < -0.3 is 37.2 Å². The topological polar surface area (TPSA) is 0 Å². The summed E-state index contributed by atoms with van der Waals surface area (Å²) >= 11 is 0. The Labute approximate surface area is 184 Å². The summed E-state index contributed by atoms with van der Waals surface area (Å²) < 4.78 is 0. The number of benzene rings is 2. The second-order valence-electron chi connectivity index (χ2n) is 5.54. The van der Waals surface area contributed by atoms with Crippen molar-refractivity contribution < 1.29 is 55.8 Å². The molecule has 0 aliphatic carbocycles. The van der Waals surface area contributed by atoms with Gasteiger partial charge in [0.1, 0.15) is 0 Å². The van der Waals surface area contributed by atoms with Gasteiger partial charge in [0.2, 0.25) is 0 Å². The molecule has 1 radical (unpaired) electrons. The summed E-state index contributed by atoms with van der Waals surface area (Å²) in [6, 6.07) is 25.3. The molecular weight excluding hydrogens is 428 g/mol. The normalized spacial score (nSPS) is 8.64. The van der Waals surface area contributed by atoms with Gasteiger partial charge in [-0.05, 0) is 13.3 Å². The molecule has 0 bridgehead atoms. The maximum absolute atomic E-state index is 2.32. The SMILES string of the molecule is C[C-](CP(C)C)c1ccccc1.[Cl-].[Cl-].[Cl-].[V].c1ccc2[cH-]ccc2c1. The Kier molecular flexibility index (Phi) is 18.9. The van der Waals surface area contributed by atoms with Gasteiger partial charge in [-0.3, -0.25) is 0 Å². The second kappa shape index (κ2) is 16.0. The minimum absolute atomic E-state index is 0. The van der Waals surface area contributed by atoms with Crippen LogP contribution >= 0.6 is 7.92 Å². The molecule has 0 saturated heterocycles. The molecule has 0 heterocycles. The zero-order valence-electron chi connectivity index (χ0n) is 14.7. The molecule has 3 aromatic rings. The fraction of sp³-hybridized carbons (Fsp3) is 0.200. The van der Waals surface area contributed by atoms with E-state index in [0.29, 0.717) is 0 Å². The van der Waals surface area contributed by atoms with Crippen LogP contribution in [0.3, 0.4) is 0 Å². The second-order valence-corrected chi connectivity index (χ2v) is 8.01. The van der Waals surface area contributed by atoms with Crippen molar-refractivity contribution in [2.24, 2.45) is 0 Å². The molecule has 0 unspecified atom stereocenters. The van der Waals surface area contributed by atoms with E-state index < -0.39 is 0 Å². The molecular formula is C20H23Cl3PV-5. The Morgan fingerprint density at radius 2 is 1.40 bits per heavy atom. The quantitative estimate of drug-likeness (QED) is 0.293. The third-order valence-electron chi connectivity index (χ3n) is 3.37. The summed E-state index contributed by atoms with van der Waals surface area (Å²) in [5.74, 6) is 1.52. The number of rotatable bonds is 3. The van der Waals surface area contributed by atoms with Crippen molar-refractivity contribution in [3.63, 3.8) is 0 Å². The molecule has 3 aromatic carbocycles. The molecule has 3 rings (SSSR count). The van der Waals surface area contributed by atoms with Gasteiger partial charge in [-0.25, -0.2) is 0 Å². The number of hydrogen-bond donors (Lipinski definition) is 0. The summed E-state index contributed by atoms with van der Waals surface area (Å²) in [5, 5.41) is 2.66. The average Bonchev–Trinajstić information content (AvgIpc) is 2.96. The van der Waals surface area contributed by atoms with Gasteiger partial charge in [0.15, 0.2) is 0 Å². The predicted molar refractivity (Wildman–Crippen MR) is 97.6 cm³/mol. The molecule has 0 fully saturated rings. The Morgan fingerprint density at radius 3 is 1.96 bits per heavy atom. The molecule has 0 amide bonds. The molecule has 25 heavy (non-hydrogen) atoms.